The number of hydrogen-bond acceptors (Lipinski definition) is 5. The Balaban J connectivity index is 2.38. The van der Waals surface area contributed by atoms with E-state index in [4.69, 9.17) is 4.18 Å². The molecule has 0 saturated carbocycles. The van der Waals surface area contributed by atoms with Gasteiger partial charge < -0.3 is 4.18 Å². The molecule has 10 heteroatoms. The topological polar surface area (TPSA) is 86.5 Å². The average molecular weight is 516 g/mol. The minimum Gasteiger partial charge on any atom is -0.377 e. The predicted molar refractivity (Wildman–Crippen MR) is 90.5 cm³/mol. The first-order valence-corrected chi connectivity index (χ1v) is 9.33. The van der Waals surface area contributed by atoms with Gasteiger partial charge in [0.15, 0.2) is 5.75 Å². The Hall–Kier alpha value is -0.970. The molecule has 0 heterocycles. The van der Waals surface area contributed by atoms with Crippen LogP contribution in [0.15, 0.2) is 54.7 Å². The van der Waals surface area contributed by atoms with Crippen LogP contribution in [0.3, 0.4) is 0 Å². The van der Waals surface area contributed by atoms with Crippen molar-refractivity contribution in [3.63, 3.8) is 0 Å². The minimum absolute atomic E-state index is 0.0848. The lowest BCUT2D eigenvalue weighted by Crippen LogP contribution is -2.10. The first-order valence-electron chi connectivity index (χ1n) is 5.54. The van der Waals surface area contributed by atoms with Crippen molar-refractivity contribution in [2.24, 2.45) is 0 Å². The summed E-state index contributed by atoms with van der Waals surface area (Å²) in [5, 5.41) is 10.6. The van der Waals surface area contributed by atoms with Crippen molar-refractivity contribution >= 4 is 63.6 Å². The molecule has 0 amide bonds. The Kier molecular flexibility index (Phi) is 5.25. The Morgan fingerprint density at radius 3 is 1.95 bits per heavy atom. The van der Waals surface area contributed by atoms with Crippen LogP contribution in [0.25, 0.3) is 0 Å². The van der Waals surface area contributed by atoms with Crippen LogP contribution in [0.1, 0.15) is 0 Å². The van der Waals surface area contributed by atoms with E-state index in [1.807, 2.05) is 0 Å². The van der Waals surface area contributed by atoms with Crippen LogP contribution in [0.4, 0.5) is 5.69 Å². The quantitative estimate of drug-likeness (QED) is 0.336. The number of halogens is 3. The SMILES string of the molecule is O=[N+]([O-])c1ccc(S(=O)(=O)Oc2c(Br)cc(Br)cc2Br)cc1. The Bertz CT molecular complexity index is 813. The highest BCUT2D eigenvalue weighted by molar-refractivity contribution is 9.11. The van der Waals surface area contributed by atoms with E-state index in [1.54, 1.807) is 12.1 Å². The lowest BCUT2D eigenvalue weighted by atomic mass is 10.3. The van der Waals surface area contributed by atoms with Gasteiger partial charge in [-0.05, 0) is 56.1 Å². The molecular formula is C12H6Br3NO5S. The third-order valence-corrected chi connectivity index (χ3v) is 5.36. The van der Waals surface area contributed by atoms with Crippen molar-refractivity contribution in [1.82, 2.24) is 0 Å². The number of nitro benzene ring substituents is 1. The smallest absolute Gasteiger partial charge is 0.339 e. The lowest BCUT2D eigenvalue weighted by molar-refractivity contribution is -0.384. The fourth-order valence-corrected chi connectivity index (χ4v) is 5.10. The lowest BCUT2D eigenvalue weighted by Gasteiger charge is -2.10. The highest BCUT2D eigenvalue weighted by Gasteiger charge is 2.21. The molecule has 0 bridgehead atoms. The van der Waals surface area contributed by atoms with Crippen LogP contribution >= 0.6 is 47.8 Å². The van der Waals surface area contributed by atoms with Crippen molar-refractivity contribution in [3.05, 3.63) is 59.9 Å². The second kappa shape index (κ2) is 6.65. The van der Waals surface area contributed by atoms with Crippen LogP contribution in [0.2, 0.25) is 0 Å². The van der Waals surface area contributed by atoms with Crippen LogP contribution in [0, 0.1) is 10.1 Å². The van der Waals surface area contributed by atoms with Crippen LogP contribution < -0.4 is 4.18 Å². The van der Waals surface area contributed by atoms with Crippen molar-refractivity contribution in [1.29, 1.82) is 0 Å². The van der Waals surface area contributed by atoms with Crippen molar-refractivity contribution in [2.45, 2.75) is 4.90 Å². The molecule has 0 radical (unpaired) electrons. The third kappa shape index (κ3) is 3.86. The zero-order chi connectivity index (χ0) is 16.5. The van der Waals surface area contributed by atoms with Gasteiger partial charge in [-0.15, -0.1) is 0 Å². The van der Waals surface area contributed by atoms with Gasteiger partial charge in [-0.3, -0.25) is 10.1 Å². The summed E-state index contributed by atoms with van der Waals surface area (Å²) in [6.45, 7) is 0. The molecule has 0 aliphatic carbocycles. The molecular weight excluding hydrogens is 510 g/mol. The van der Waals surface area contributed by atoms with E-state index >= 15 is 0 Å². The van der Waals surface area contributed by atoms with E-state index < -0.39 is 15.0 Å². The van der Waals surface area contributed by atoms with E-state index in [9.17, 15) is 18.5 Å². The molecule has 2 rings (SSSR count). The number of rotatable bonds is 4. The summed E-state index contributed by atoms with van der Waals surface area (Å²) >= 11 is 9.69. The normalized spacial score (nSPS) is 11.2. The number of nitrogens with zero attached hydrogens (tertiary/aromatic N) is 1. The zero-order valence-corrected chi connectivity index (χ0v) is 16.1. The molecule has 6 nitrogen and oxygen atoms in total. The maximum absolute atomic E-state index is 12.2. The molecule has 2 aromatic carbocycles. The molecule has 2 aromatic rings. The highest BCUT2D eigenvalue weighted by Crippen LogP contribution is 2.38. The second-order valence-electron chi connectivity index (χ2n) is 3.99. The summed E-state index contributed by atoms with van der Waals surface area (Å²) in [7, 11) is -4.11. The molecule has 0 N–H and O–H groups in total. The molecule has 116 valence electrons. The van der Waals surface area contributed by atoms with Gasteiger partial charge in [-0.25, -0.2) is 0 Å². The molecule has 0 atom stereocenters. The van der Waals surface area contributed by atoms with Crippen LogP contribution in [-0.4, -0.2) is 13.3 Å². The van der Waals surface area contributed by atoms with Gasteiger partial charge in [0.1, 0.15) is 4.90 Å². The second-order valence-corrected chi connectivity index (χ2v) is 8.16. The molecule has 22 heavy (non-hydrogen) atoms. The predicted octanol–water partition coefficient (Wildman–Crippen LogP) is 4.65. The average Bonchev–Trinajstić information content (AvgIpc) is 2.43. The van der Waals surface area contributed by atoms with E-state index in [0.29, 0.717) is 8.95 Å². The van der Waals surface area contributed by atoms with E-state index in [1.165, 1.54) is 0 Å². The summed E-state index contributed by atoms with van der Waals surface area (Å²) in [4.78, 5) is 9.79. The van der Waals surface area contributed by atoms with Gasteiger partial charge in [-0.1, -0.05) is 15.9 Å². The molecule has 0 aliphatic rings. The monoisotopic (exact) mass is 513 g/mol. The number of non-ortho nitro benzene ring substituents is 1. The molecule has 0 saturated heterocycles. The Morgan fingerprint density at radius 2 is 1.50 bits per heavy atom. The van der Waals surface area contributed by atoms with Gasteiger partial charge in [-0.2, -0.15) is 8.42 Å². The number of nitro groups is 1. The minimum atomic E-state index is -4.11. The largest absolute Gasteiger partial charge is 0.377 e. The maximum atomic E-state index is 12.2. The fraction of sp³-hybridized carbons (Fsp3) is 0. The number of hydrogen-bond donors (Lipinski definition) is 0. The van der Waals surface area contributed by atoms with Crippen molar-refractivity contribution in [2.75, 3.05) is 0 Å². The summed E-state index contributed by atoms with van der Waals surface area (Å²) in [6.07, 6.45) is 0. The van der Waals surface area contributed by atoms with Gasteiger partial charge in [0.2, 0.25) is 0 Å². The van der Waals surface area contributed by atoms with Crippen LogP contribution in [0.5, 0.6) is 5.75 Å². The Labute approximate surface area is 151 Å². The third-order valence-electron chi connectivity index (χ3n) is 2.49. The molecule has 0 aromatic heterocycles. The first kappa shape index (κ1) is 17.4. The fourth-order valence-electron chi connectivity index (χ4n) is 1.50. The highest BCUT2D eigenvalue weighted by atomic mass is 79.9. The van der Waals surface area contributed by atoms with Gasteiger partial charge in [0, 0.05) is 16.6 Å². The van der Waals surface area contributed by atoms with Gasteiger partial charge >= 0.3 is 10.1 Å². The summed E-state index contributed by atoms with van der Waals surface area (Å²) in [5.74, 6) is 0.0848. The van der Waals surface area contributed by atoms with Crippen LogP contribution in [-0.2, 0) is 10.1 Å². The number of benzene rings is 2. The Morgan fingerprint density at radius 1 is 1.00 bits per heavy atom. The summed E-state index contributed by atoms with van der Waals surface area (Å²) in [5.41, 5.74) is -0.204. The van der Waals surface area contributed by atoms with E-state index in [0.717, 1.165) is 28.7 Å². The molecule has 0 aliphatic heterocycles. The van der Waals surface area contributed by atoms with E-state index in [2.05, 4.69) is 47.8 Å². The zero-order valence-electron chi connectivity index (χ0n) is 10.5. The molecule has 0 fully saturated rings. The van der Waals surface area contributed by atoms with Gasteiger partial charge in [0.25, 0.3) is 5.69 Å². The molecule has 0 spiro atoms. The van der Waals surface area contributed by atoms with Crippen molar-refractivity contribution in [3.8, 4) is 5.75 Å². The first-order chi connectivity index (χ1) is 10.2. The van der Waals surface area contributed by atoms with Gasteiger partial charge in [0.05, 0.1) is 13.9 Å². The standard InChI is InChI=1S/C12H6Br3NO5S/c13-7-5-10(14)12(11(15)6-7)21-22(19,20)9-3-1-8(2-4-9)16(17)18/h1-6H. The van der Waals surface area contributed by atoms with Crippen molar-refractivity contribution < 1.29 is 17.5 Å². The molecule has 0 unspecified atom stereocenters. The summed E-state index contributed by atoms with van der Waals surface area (Å²) in [6, 6.07) is 7.70. The maximum Gasteiger partial charge on any atom is 0.339 e. The van der Waals surface area contributed by atoms with E-state index in [-0.39, 0.29) is 16.3 Å². The summed E-state index contributed by atoms with van der Waals surface area (Å²) < 4.78 is 31.1.